The molecule has 1 aromatic carbocycles. The van der Waals surface area contributed by atoms with Crippen molar-refractivity contribution in [3.05, 3.63) is 41.5 Å². The van der Waals surface area contributed by atoms with E-state index in [4.69, 9.17) is 0 Å². The second-order valence-electron chi connectivity index (χ2n) is 4.42. The Kier molecular flexibility index (Phi) is 3.59. The van der Waals surface area contributed by atoms with Gasteiger partial charge in [0.2, 0.25) is 5.91 Å². The third-order valence-corrected chi connectivity index (χ3v) is 3.07. The molecule has 0 aliphatic carbocycles. The molecule has 0 radical (unpaired) electrons. The standard InChI is InChI=1S/C14H17NO2/c1-11-4-2-3-5-12(11)6-7-14(17)15-9-8-13(16)10-15/h2-7,13,16H,8-10H2,1H3/b7-6+. The third kappa shape index (κ3) is 2.94. The fourth-order valence-electron chi connectivity index (χ4n) is 1.98. The summed E-state index contributed by atoms with van der Waals surface area (Å²) < 4.78 is 0. The van der Waals surface area contributed by atoms with Crippen LogP contribution in [0.15, 0.2) is 30.3 Å². The molecular weight excluding hydrogens is 214 g/mol. The fourth-order valence-corrected chi connectivity index (χ4v) is 1.98. The highest BCUT2D eigenvalue weighted by Crippen LogP contribution is 2.12. The highest BCUT2D eigenvalue weighted by Gasteiger charge is 2.22. The van der Waals surface area contributed by atoms with Gasteiger partial charge in [0.15, 0.2) is 0 Å². The molecule has 90 valence electrons. The number of aryl methyl sites for hydroxylation is 1. The molecule has 1 unspecified atom stereocenters. The molecule has 1 aliphatic rings. The number of carbonyl (C=O) groups excluding carboxylic acids is 1. The molecule has 0 saturated carbocycles. The monoisotopic (exact) mass is 231 g/mol. The van der Waals surface area contributed by atoms with Crippen molar-refractivity contribution < 1.29 is 9.90 Å². The number of rotatable bonds is 2. The van der Waals surface area contributed by atoms with Crippen LogP contribution < -0.4 is 0 Å². The molecule has 3 nitrogen and oxygen atoms in total. The van der Waals surface area contributed by atoms with E-state index < -0.39 is 0 Å². The van der Waals surface area contributed by atoms with Crippen molar-refractivity contribution in [3.8, 4) is 0 Å². The molecule has 17 heavy (non-hydrogen) atoms. The number of likely N-dealkylation sites (tertiary alicyclic amines) is 1. The smallest absolute Gasteiger partial charge is 0.246 e. The summed E-state index contributed by atoms with van der Waals surface area (Å²) in [6.07, 6.45) is 3.75. The lowest BCUT2D eigenvalue weighted by Gasteiger charge is -2.12. The normalized spacial score (nSPS) is 20.1. The second-order valence-corrected chi connectivity index (χ2v) is 4.42. The van der Waals surface area contributed by atoms with Crippen LogP contribution >= 0.6 is 0 Å². The zero-order valence-electron chi connectivity index (χ0n) is 9.97. The van der Waals surface area contributed by atoms with Gasteiger partial charge in [0.1, 0.15) is 0 Å². The van der Waals surface area contributed by atoms with E-state index in [1.165, 1.54) is 0 Å². The number of hydrogen-bond acceptors (Lipinski definition) is 2. The Morgan fingerprint density at radius 2 is 2.24 bits per heavy atom. The highest BCUT2D eigenvalue weighted by atomic mass is 16.3. The Balaban J connectivity index is 2.01. The van der Waals surface area contributed by atoms with E-state index in [0.29, 0.717) is 19.5 Å². The summed E-state index contributed by atoms with van der Waals surface area (Å²) in [5.74, 6) is -0.0233. The van der Waals surface area contributed by atoms with E-state index in [-0.39, 0.29) is 12.0 Å². The molecule has 3 heteroatoms. The van der Waals surface area contributed by atoms with Crippen LogP contribution in [-0.2, 0) is 4.79 Å². The molecule has 1 fully saturated rings. The Labute approximate surface area is 101 Å². The predicted octanol–water partition coefficient (Wildman–Crippen LogP) is 1.60. The largest absolute Gasteiger partial charge is 0.391 e. The van der Waals surface area contributed by atoms with Gasteiger partial charge in [0.25, 0.3) is 0 Å². The van der Waals surface area contributed by atoms with Crippen molar-refractivity contribution in [3.63, 3.8) is 0 Å². The summed E-state index contributed by atoms with van der Waals surface area (Å²) in [6.45, 7) is 3.12. The molecule has 1 N–H and O–H groups in total. The van der Waals surface area contributed by atoms with Crippen molar-refractivity contribution in [1.82, 2.24) is 4.90 Å². The van der Waals surface area contributed by atoms with Crippen LogP contribution in [-0.4, -0.2) is 35.1 Å². The molecule has 1 aromatic rings. The van der Waals surface area contributed by atoms with E-state index in [2.05, 4.69) is 0 Å². The van der Waals surface area contributed by atoms with Crippen LogP contribution in [0.1, 0.15) is 17.5 Å². The number of hydrogen-bond donors (Lipinski definition) is 1. The fraction of sp³-hybridized carbons (Fsp3) is 0.357. The maximum Gasteiger partial charge on any atom is 0.246 e. The van der Waals surface area contributed by atoms with E-state index >= 15 is 0 Å². The number of aliphatic hydroxyl groups excluding tert-OH is 1. The van der Waals surface area contributed by atoms with Crippen LogP contribution in [0.2, 0.25) is 0 Å². The third-order valence-electron chi connectivity index (χ3n) is 3.07. The molecule has 1 saturated heterocycles. The number of aliphatic hydroxyl groups is 1. The number of carbonyl (C=O) groups is 1. The summed E-state index contributed by atoms with van der Waals surface area (Å²) in [4.78, 5) is 13.5. The molecule has 1 atom stereocenters. The Morgan fingerprint density at radius 1 is 1.47 bits per heavy atom. The van der Waals surface area contributed by atoms with Gasteiger partial charge in [0, 0.05) is 19.2 Å². The molecule has 1 heterocycles. The number of amides is 1. The van der Waals surface area contributed by atoms with Gasteiger partial charge >= 0.3 is 0 Å². The second kappa shape index (κ2) is 5.15. The van der Waals surface area contributed by atoms with Gasteiger partial charge in [-0.05, 0) is 30.5 Å². The molecular formula is C14H17NO2. The van der Waals surface area contributed by atoms with Crippen LogP contribution in [0.5, 0.6) is 0 Å². The molecule has 2 rings (SSSR count). The molecule has 0 bridgehead atoms. The van der Waals surface area contributed by atoms with Crippen molar-refractivity contribution in [2.75, 3.05) is 13.1 Å². The van der Waals surface area contributed by atoms with Gasteiger partial charge in [-0.1, -0.05) is 24.3 Å². The first-order valence-electron chi connectivity index (χ1n) is 5.87. The first-order chi connectivity index (χ1) is 8.16. The topological polar surface area (TPSA) is 40.5 Å². The first-order valence-corrected chi connectivity index (χ1v) is 5.87. The summed E-state index contributed by atoms with van der Waals surface area (Å²) in [5.41, 5.74) is 2.21. The molecule has 1 amide bonds. The minimum absolute atomic E-state index is 0.0233. The van der Waals surface area contributed by atoms with Gasteiger partial charge in [-0.2, -0.15) is 0 Å². The van der Waals surface area contributed by atoms with Crippen molar-refractivity contribution in [2.24, 2.45) is 0 Å². The van der Waals surface area contributed by atoms with Gasteiger partial charge in [-0.25, -0.2) is 0 Å². The predicted molar refractivity (Wildman–Crippen MR) is 67.4 cm³/mol. The highest BCUT2D eigenvalue weighted by molar-refractivity contribution is 5.92. The first kappa shape index (κ1) is 11.9. The zero-order valence-corrected chi connectivity index (χ0v) is 9.97. The van der Waals surface area contributed by atoms with Gasteiger partial charge < -0.3 is 10.0 Å². The summed E-state index contributed by atoms with van der Waals surface area (Å²) >= 11 is 0. The summed E-state index contributed by atoms with van der Waals surface area (Å²) in [6, 6.07) is 7.93. The minimum Gasteiger partial charge on any atom is -0.391 e. The minimum atomic E-state index is -0.356. The molecule has 0 aromatic heterocycles. The molecule has 1 aliphatic heterocycles. The lowest BCUT2D eigenvalue weighted by molar-refractivity contribution is -0.125. The van der Waals surface area contributed by atoms with Crippen molar-refractivity contribution >= 4 is 12.0 Å². The van der Waals surface area contributed by atoms with Gasteiger partial charge in [-0.3, -0.25) is 4.79 Å². The van der Waals surface area contributed by atoms with Crippen molar-refractivity contribution in [2.45, 2.75) is 19.4 Å². The van der Waals surface area contributed by atoms with Crippen molar-refractivity contribution in [1.29, 1.82) is 0 Å². The van der Waals surface area contributed by atoms with Crippen LogP contribution in [0.4, 0.5) is 0 Å². The Bertz CT molecular complexity index is 440. The maximum atomic E-state index is 11.8. The van der Waals surface area contributed by atoms with Gasteiger partial charge in [-0.15, -0.1) is 0 Å². The lowest BCUT2D eigenvalue weighted by Crippen LogP contribution is -2.27. The van der Waals surface area contributed by atoms with E-state index in [0.717, 1.165) is 11.1 Å². The Morgan fingerprint density at radius 3 is 2.88 bits per heavy atom. The van der Waals surface area contributed by atoms with Gasteiger partial charge in [0.05, 0.1) is 6.10 Å². The number of β-amino-alcohol motifs (C(OH)–C–C–N with tert-alkyl or cyclic N) is 1. The van der Waals surface area contributed by atoms with E-state index in [9.17, 15) is 9.90 Å². The van der Waals surface area contributed by atoms with E-state index in [1.807, 2.05) is 37.3 Å². The average molecular weight is 231 g/mol. The Hall–Kier alpha value is -1.61. The quantitative estimate of drug-likeness (QED) is 0.785. The SMILES string of the molecule is Cc1ccccc1/C=C/C(=O)N1CCC(O)C1. The summed E-state index contributed by atoms with van der Waals surface area (Å²) in [5, 5.41) is 9.36. The van der Waals surface area contributed by atoms with E-state index in [1.54, 1.807) is 11.0 Å². The molecule has 0 spiro atoms. The van der Waals surface area contributed by atoms with Crippen LogP contribution in [0.25, 0.3) is 6.08 Å². The average Bonchev–Trinajstić information content (AvgIpc) is 2.74. The zero-order chi connectivity index (χ0) is 12.3. The number of benzene rings is 1. The summed E-state index contributed by atoms with van der Waals surface area (Å²) in [7, 11) is 0. The lowest BCUT2D eigenvalue weighted by atomic mass is 10.1. The van der Waals surface area contributed by atoms with Crippen LogP contribution in [0.3, 0.4) is 0 Å². The number of nitrogens with zero attached hydrogens (tertiary/aromatic N) is 1. The maximum absolute atomic E-state index is 11.8. The van der Waals surface area contributed by atoms with Crippen LogP contribution in [0, 0.1) is 6.92 Å².